The number of hydrogen-bond acceptors (Lipinski definition) is 5. The lowest BCUT2D eigenvalue weighted by Crippen LogP contribution is -2.08. The summed E-state index contributed by atoms with van der Waals surface area (Å²) in [5, 5.41) is 16.3. The van der Waals surface area contributed by atoms with Crippen LogP contribution in [0.15, 0.2) is 0 Å². The van der Waals surface area contributed by atoms with Gasteiger partial charge in [-0.05, 0) is 26.7 Å². The summed E-state index contributed by atoms with van der Waals surface area (Å²) in [6.07, 6.45) is 1.52. The highest BCUT2D eigenvalue weighted by Gasteiger charge is 2.16. The Hall–Kier alpha value is -1.43. The first kappa shape index (κ1) is 12.6. The zero-order valence-corrected chi connectivity index (χ0v) is 9.64. The summed E-state index contributed by atoms with van der Waals surface area (Å²) in [4.78, 5) is 11.4. The van der Waals surface area contributed by atoms with Crippen molar-refractivity contribution in [3.63, 3.8) is 0 Å². The number of carbonyl (C=O) groups excluding carboxylic acids is 1. The fraction of sp³-hybridized carbons (Fsp3) is 0.700. The van der Waals surface area contributed by atoms with E-state index in [2.05, 4.69) is 10.3 Å². The second kappa shape index (κ2) is 6.22. The summed E-state index contributed by atoms with van der Waals surface area (Å²) < 4.78 is 6.51. The van der Waals surface area contributed by atoms with Gasteiger partial charge in [0.05, 0.1) is 12.3 Å². The number of ether oxygens (including phenoxy) is 1. The number of aliphatic hydroxyl groups is 1. The Kier molecular flexibility index (Phi) is 4.91. The smallest absolute Gasteiger partial charge is 0.360 e. The van der Waals surface area contributed by atoms with Crippen molar-refractivity contribution in [3.05, 3.63) is 11.4 Å². The second-order valence-corrected chi connectivity index (χ2v) is 3.40. The van der Waals surface area contributed by atoms with Crippen molar-refractivity contribution in [1.82, 2.24) is 15.0 Å². The van der Waals surface area contributed by atoms with Crippen LogP contribution in [0.2, 0.25) is 0 Å². The van der Waals surface area contributed by atoms with Crippen molar-refractivity contribution in [1.29, 1.82) is 0 Å². The monoisotopic (exact) mass is 227 g/mol. The van der Waals surface area contributed by atoms with E-state index in [0.717, 1.165) is 6.42 Å². The van der Waals surface area contributed by atoms with Gasteiger partial charge >= 0.3 is 5.97 Å². The van der Waals surface area contributed by atoms with Crippen molar-refractivity contribution < 1.29 is 14.6 Å². The SMILES string of the molecule is CCOC(=O)c1nnn(CCCCO)c1C. The molecule has 6 nitrogen and oxygen atoms in total. The van der Waals surface area contributed by atoms with Crippen LogP contribution < -0.4 is 0 Å². The van der Waals surface area contributed by atoms with Gasteiger partial charge in [0.2, 0.25) is 0 Å². The fourth-order valence-electron chi connectivity index (χ4n) is 1.33. The third-order valence-corrected chi connectivity index (χ3v) is 2.23. The van der Waals surface area contributed by atoms with Crippen molar-refractivity contribution in [2.45, 2.75) is 33.2 Å². The number of aromatic nitrogens is 3. The molecule has 0 bridgehead atoms. The van der Waals surface area contributed by atoms with E-state index in [1.54, 1.807) is 18.5 Å². The molecule has 0 aliphatic rings. The lowest BCUT2D eigenvalue weighted by Gasteiger charge is -2.02. The minimum Gasteiger partial charge on any atom is -0.461 e. The van der Waals surface area contributed by atoms with Gasteiger partial charge in [-0.25, -0.2) is 9.48 Å². The van der Waals surface area contributed by atoms with Crippen LogP contribution in [-0.4, -0.2) is 39.3 Å². The minimum absolute atomic E-state index is 0.165. The van der Waals surface area contributed by atoms with Gasteiger partial charge in [-0.15, -0.1) is 5.10 Å². The molecule has 0 spiro atoms. The molecule has 0 unspecified atom stereocenters. The number of rotatable bonds is 6. The molecule has 0 radical (unpaired) electrons. The highest BCUT2D eigenvalue weighted by atomic mass is 16.5. The Labute approximate surface area is 94.2 Å². The number of nitrogens with zero attached hydrogens (tertiary/aromatic N) is 3. The molecule has 0 aliphatic heterocycles. The molecule has 0 saturated carbocycles. The van der Waals surface area contributed by atoms with Crippen LogP contribution in [0.25, 0.3) is 0 Å². The molecule has 1 rings (SSSR count). The van der Waals surface area contributed by atoms with Crippen molar-refractivity contribution in [3.8, 4) is 0 Å². The topological polar surface area (TPSA) is 77.2 Å². The van der Waals surface area contributed by atoms with Crippen LogP contribution in [-0.2, 0) is 11.3 Å². The van der Waals surface area contributed by atoms with Gasteiger partial charge in [-0.3, -0.25) is 0 Å². The highest BCUT2D eigenvalue weighted by Crippen LogP contribution is 2.06. The molecule has 90 valence electrons. The number of unbranched alkanes of at least 4 members (excludes halogenated alkanes) is 1. The van der Waals surface area contributed by atoms with E-state index in [1.165, 1.54) is 0 Å². The van der Waals surface area contributed by atoms with Crippen molar-refractivity contribution >= 4 is 5.97 Å². The summed E-state index contributed by atoms with van der Waals surface area (Å²) >= 11 is 0. The molecule has 1 aromatic heterocycles. The third kappa shape index (κ3) is 3.03. The molecule has 0 amide bonds. The summed E-state index contributed by atoms with van der Waals surface area (Å²) in [6, 6.07) is 0. The number of carbonyl (C=O) groups is 1. The lowest BCUT2D eigenvalue weighted by atomic mass is 10.3. The van der Waals surface area contributed by atoms with E-state index in [0.29, 0.717) is 25.3 Å². The van der Waals surface area contributed by atoms with E-state index >= 15 is 0 Å². The maximum absolute atomic E-state index is 11.4. The Bertz CT molecular complexity index is 349. The Morgan fingerprint density at radius 3 is 2.88 bits per heavy atom. The molecule has 0 aliphatic carbocycles. The number of esters is 1. The van der Waals surface area contributed by atoms with Gasteiger partial charge < -0.3 is 9.84 Å². The van der Waals surface area contributed by atoms with Crippen LogP contribution in [0.3, 0.4) is 0 Å². The molecule has 0 saturated heterocycles. The summed E-state index contributed by atoms with van der Waals surface area (Å²) in [5.74, 6) is -0.437. The number of aliphatic hydroxyl groups excluding tert-OH is 1. The van der Waals surface area contributed by atoms with E-state index in [-0.39, 0.29) is 12.3 Å². The molecule has 1 aromatic rings. The molecule has 6 heteroatoms. The van der Waals surface area contributed by atoms with E-state index in [4.69, 9.17) is 9.84 Å². The standard InChI is InChI=1S/C10H17N3O3/c1-3-16-10(15)9-8(2)13(12-11-9)6-4-5-7-14/h14H,3-7H2,1-2H3. The lowest BCUT2D eigenvalue weighted by molar-refractivity contribution is 0.0518. The molecule has 0 aromatic carbocycles. The van der Waals surface area contributed by atoms with Gasteiger partial charge in [0.25, 0.3) is 0 Å². The van der Waals surface area contributed by atoms with Crippen LogP contribution in [0.1, 0.15) is 35.9 Å². The van der Waals surface area contributed by atoms with E-state index < -0.39 is 5.97 Å². The fourth-order valence-corrected chi connectivity index (χ4v) is 1.33. The quantitative estimate of drug-likeness (QED) is 0.566. The summed E-state index contributed by atoms with van der Waals surface area (Å²) in [6.45, 7) is 4.68. The average molecular weight is 227 g/mol. The van der Waals surface area contributed by atoms with Crippen LogP contribution in [0.4, 0.5) is 0 Å². The molecule has 0 fully saturated rings. The molecular weight excluding hydrogens is 210 g/mol. The summed E-state index contributed by atoms with van der Waals surface area (Å²) in [5.41, 5.74) is 0.974. The first-order valence-electron chi connectivity index (χ1n) is 5.38. The Morgan fingerprint density at radius 2 is 2.25 bits per heavy atom. The largest absolute Gasteiger partial charge is 0.461 e. The van der Waals surface area contributed by atoms with E-state index in [1.807, 2.05) is 0 Å². The maximum atomic E-state index is 11.4. The Balaban J connectivity index is 2.64. The van der Waals surface area contributed by atoms with E-state index in [9.17, 15) is 4.79 Å². The normalized spacial score (nSPS) is 10.4. The van der Waals surface area contributed by atoms with Gasteiger partial charge in [-0.2, -0.15) is 0 Å². The van der Waals surface area contributed by atoms with Gasteiger partial charge in [0.1, 0.15) is 0 Å². The van der Waals surface area contributed by atoms with Gasteiger partial charge in [-0.1, -0.05) is 5.21 Å². The first-order valence-corrected chi connectivity index (χ1v) is 5.38. The third-order valence-electron chi connectivity index (χ3n) is 2.23. The molecule has 1 N–H and O–H groups in total. The zero-order valence-electron chi connectivity index (χ0n) is 9.64. The van der Waals surface area contributed by atoms with Gasteiger partial charge in [0.15, 0.2) is 5.69 Å². The Morgan fingerprint density at radius 1 is 1.50 bits per heavy atom. The van der Waals surface area contributed by atoms with Crippen LogP contribution in [0, 0.1) is 6.92 Å². The summed E-state index contributed by atoms with van der Waals surface area (Å²) in [7, 11) is 0. The van der Waals surface area contributed by atoms with Crippen LogP contribution >= 0.6 is 0 Å². The first-order chi connectivity index (χ1) is 7.70. The van der Waals surface area contributed by atoms with Crippen molar-refractivity contribution in [2.24, 2.45) is 0 Å². The number of hydrogen-bond donors (Lipinski definition) is 1. The van der Waals surface area contributed by atoms with Gasteiger partial charge in [0, 0.05) is 13.2 Å². The van der Waals surface area contributed by atoms with Crippen LogP contribution in [0.5, 0.6) is 0 Å². The van der Waals surface area contributed by atoms with Crippen molar-refractivity contribution in [2.75, 3.05) is 13.2 Å². The molecular formula is C10H17N3O3. The zero-order chi connectivity index (χ0) is 12.0. The maximum Gasteiger partial charge on any atom is 0.360 e. The second-order valence-electron chi connectivity index (χ2n) is 3.40. The minimum atomic E-state index is -0.437. The molecule has 0 atom stereocenters. The molecule has 16 heavy (non-hydrogen) atoms. The molecule has 1 heterocycles. The highest BCUT2D eigenvalue weighted by molar-refractivity contribution is 5.88. The predicted molar refractivity (Wildman–Crippen MR) is 57.0 cm³/mol. The predicted octanol–water partition coefficient (Wildman–Crippen LogP) is 0.536. The number of aryl methyl sites for hydroxylation is 1. The average Bonchev–Trinajstić information content (AvgIpc) is 2.61.